The Morgan fingerprint density at radius 3 is 3.05 bits per heavy atom. The number of carbonyl (C=O) groups is 1. The van der Waals surface area contributed by atoms with Crippen LogP contribution in [0.3, 0.4) is 0 Å². The molecule has 1 heterocycles. The fourth-order valence-corrected chi connectivity index (χ4v) is 3.57. The average molecular weight is 297 g/mol. The Balaban J connectivity index is 1.86. The summed E-state index contributed by atoms with van der Waals surface area (Å²) in [5, 5.41) is 9.74. The molecule has 1 aromatic heterocycles. The maximum Gasteiger partial charge on any atom is 0.308 e. The summed E-state index contributed by atoms with van der Waals surface area (Å²) in [7, 11) is 0. The van der Waals surface area contributed by atoms with Crippen LogP contribution in [0.4, 0.5) is 0 Å². The van der Waals surface area contributed by atoms with Gasteiger partial charge in [0.05, 0.1) is 29.3 Å². The molecule has 6 heteroatoms. The van der Waals surface area contributed by atoms with E-state index < -0.39 is 6.10 Å². The molecule has 0 saturated carbocycles. The van der Waals surface area contributed by atoms with Gasteiger partial charge in [0, 0.05) is 5.75 Å². The second-order valence-electron chi connectivity index (χ2n) is 3.92. The van der Waals surface area contributed by atoms with Gasteiger partial charge < -0.3 is 9.84 Å². The van der Waals surface area contributed by atoms with E-state index in [4.69, 9.17) is 4.74 Å². The molecule has 0 amide bonds. The highest BCUT2D eigenvalue weighted by molar-refractivity contribution is 8.01. The van der Waals surface area contributed by atoms with Gasteiger partial charge in [0.25, 0.3) is 0 Å². The summed E-state index contributed by atoms with van der Waals surface area (Å²) in [5.41, 5.74) is 0.967. The number of para-hydroxylation sites is 1. The Morgan fingerprint density at radius 2 is 2.32 bits per heavy atom. The molecule has 2 aromatic rings. The number of aliphatic hydroxyl groups excluding tert-OH is 1. The van der Waals surface area contributed by atoms with Crippen molar-refractivity contribution < 1.29 is 14.6 Å². The standard InChI is InChI=1S/C13H15NO3S2/c1-2-17-12(16)7-9(15)8-18-13-14-10-5-3-4-6-11(10)19-13/h3-6,9,15H,2,7-8H2,1H3. The van der Waals surface area contributed by atoms with Crippen molar-refractivity contribution in [1.82, 2.24) is 4.98 Å². The Kier molecular flexibility index (Phi) is 5.18. The summed E-state index contributed by atoms with van der Waals surface area (Å²) in [6.07, 6.45) is -0.665. The van der Waals surface area contributed by atoms with Crippen LogP contribution in [0, 0.1) is 0 Å². The van der Waals surface area contributed by atoms with E-state index in [9.17, 15) is 9.90 Å². The maximum atomic E-state index is 11.2. The van der Waals surface area contributed by atoms with E-state index in [1.54, 1.807) is 18.3 Å². The molecule has 0 spiro atoms. The van der Waals surface area contributed by atoms with Crippen LogP contribution in [-0.2, 0) is 9.53 Å². The molecule has 2 rings (SSSR count). The van der Waals surface area contributed by atoms with Gasteiger partial charge >= 0.3 is 5.97 Å². The van der Waals surface area contributed by atoms with Crippen LogP contribution in [0.2, 0.25) is 0 Å². The van der Waals surface area contributed by atoms with Crippen molar-refractivity contribution in [3.8, 4) is 0 Å². The molecule has 0 bridgehead atoms. The molecule has 1 atom stereocenters. The second kappa shape index (κ2) is 6.88. The summed E-state index contributed by atoms with van der Waals surface area (Å²) in [6, 6.07) is 7.91. The molecule has 1 aromatic carbocycles. The lowest BCUT2D eigenvalue weighted by Gasteiger charge is -2.07. The van der Waals surface area contributed by atoms with Crippen molar-refractivity contribution >= 4 is 39.3 Å². The molecule has 19 heavy (non-hydrogen) atoms. The third-order valence-electron chi connectivity index (χ3n) is 2.38. The van der Waals surface area contributed by atoms with E-state index in [-0.39, 0.29) is 12.4 Å². The predicted octanol–water partition coefficient (Wildman–Crippen LogP) is 2.70. The number of hydrogen-bond donors (Lipinski definition) is 1. The summed E-state index contributed by atoms with van der Waals surface area (Å²) < 4.78 is 6.83. The number of aliphatic hydroxyl groups is 1. The first-order valence-corrected chi connectivity index (χ1v) is 7.81. The minimum absolute atomic E-state index is 0.0335. The average Bonchev–Trinajstić information content (AvgIpc) is 2.79. The molecule has 0 radical (unpaired) electrons. The van der Waals surface area contributed by atoms with E-state index in [0.29, 0.717) is 12.4 Å². The second-order valence-corrected chi connectivity index (χ2v) is 6.22. The SMILES string of the molecule is CCOC(=O)CC(O)CSc1nc2ccccc2s1. The first-order valence-electron chi connectivity index (χ1n) is 6.01. The third-order valence-corrected chi connectivity index (χ3v) is 4.71. The van der Waals surface area contributed by atoms with Gasteiger partial charge in [0.15, 0.2) is 4.34 Å². The molecular weight excluding hydrogens is 282 g/mol. The molecule has 4 nitrogen and oxygen atoms in total. The van der Waals surface area contributed by atoms with Crippen molar-refractivity contribution in [2.24, 2.45) is 0 Å². The number of rotatable bonds is 6. The van der Waals surface area contributed by atoms with E-state index in [1.807, 2.05) is 24.3 Å². The first kappa shape index (κ1) is 14.3. The highest BCUT2D eigenvalue weighted by Gasteiger charge is 2.13. The quantitative estimate of drug-likeness (QED) is 0.656. The van der Waals surface area contributed by atoms with E-state index in [0.717, 1.165) is 14.6 Å². The fraction of sp³-hybridized carbons (Fsp3) is 0.385. The summed E-state index contributed by atoms with van der Waals surface area (Å²) in [4.78, 5) is 15.7. The number of esters is 1. The van der Waals surface area contributed by atoms with E-state index in [1.165, 1.54) is 11.8 Å². The summed E-state index contributed by atoms with van der Waals surface area (Å²) in [5.74, 6) is 0.0819. The largest absolute Gasteiger partial charge is 0.466 e. The first-order chi connectivity index (χ1) is 9.19. The van der Waals surface area contributed by atoms with Crippen LogP contribution in [0.5, 0.6) is 0 Å². The molecule has 0 fully saturated rings. The number of thiazole rings is 1. The van der Waals surface area contributed by atoms with Crippen molar-refractivity contribution in [1.29, 1.82) is 0 Å². The Bertz CT molecular complexity index is 523. The zero-order chi connectivity index (χ0) is 13.7. The third kappa shape index (κ3) is 4.19. The van der Waals surface area contributed by atoms with Gasteiger partial charge in [-0.25, -0.2) is 4.98 Å². The Labute approximate surface area is 119 Å². The fourth-order valence-electron chi connectivity index (χ4n) is 1.55. The summed E-state index contributed by atoms with van der Waals surface area (Å²) >= 11 is 3.06. The van der Waals surface area contributed by atoms with Crippen molar-refractivity contribution in [3.63, 3.8) is 0 Å². The normalized spacial score (nSPS) is 12.5. The zero-order valence-corrected chi connectivity index (χ0v) is 12.2. The Hall–Kier alpha value is -1.11. The number of benzene rings is 1. The van der Waals surface area contributed by atoms with Gasteiger partial charge in [-0.3, -0.25) is 4.79 Å². The van der Waals surface area contributed by atoms with Crippen LogP contribution in [0.15, 0.2) is 28.6 Å². The molecule has 1 N–H and O–H groups in total. The molecule has 0 aliphatic rings. The minimum atomic E-state index is -0.698. The Morgan fingerprint density at radius 1 is 1.53 bits per heavy atom. The smallest absolute Gasteiger partial charge is 0.308 e. The molecule has 0 aliphatic carbocycles. The van der Waals surface area contributed by atoms with Gasteiger partial charge in [-0.2, -0.15) is 0 Å². The number of hydrogen-bond acceptors (Lipinski definition) is 6. The lowest BCUT2D eigenvalue weighted by molar-refractivity contribution is -0.144. The van der Waals surface area contributed by atoms with E-state index >= 15 is 0 Å². The lowest BCUT2D eigenvalue weighted by Crippen LogP contribution is -2.17. The van der Waals surface area contributed by atoms with E-state index in [2.05, 4.69) is 4.98 Å². The molecule has 0 saturated heterocycles. The molecule has 0 aliphatic heterocycles. The van der Waals surface area contributed by atoms with Crippen molar-refractivity contribution in [2.75, 3.05) is 12.4 Å². The topological polar surface area (TPSA) is 59.4 Å². The molecular formula is C13H15NO3S2. The number of nitrogens with zero attached hydrogens (tertiary/aromatic N) is 1. The number of aromatic nitrogens is 1. The number of fused-ring (bicyclic) bond motifs is 1. The summed E-state index contributed by atoms with van der Waals surface area (Å²) in [6.45, 7) is 2.09. The van der Waals surface area contributed by atoms with Gasteiger partial charge in [-0.05, 0) is 19.1 Å². The van der Waals surface area contributed by atoms with Crippen LogP contribution < -0.4 is 0 Å². The van der Waals surface area contributed by atoms with Gasteiger partial charge in [-0.1, -0.05) is 23.9 Å². The zero-order valence-electron chi connectivity index (χ0n) is 10.5. The van der Waals surface area contributed by atoms with Crippen LogP contribution in [0.25, 0.3) is 10.2 Å². The number of ether oxygens (including phenoxy) is 1. The van der Waals surface area contributed by atoms with Crippen LogP contribution >= 0.6 is 23.1 Å². The molecule has 102 valence electrons. The lowest BCUT2D eigenvalue weighted by atomic mass is 10.3. The van der Waals surface area contributed by atoms with Crippen molar-refractivity contribution in [3.05, 3.63) is 24.3 Å². The van der Waals surface area contributed by atoms with Crippen molar-refractivity contribution in [2.45, 2.75) is 23.8 Å². The number of carbonyl (C=O) groups excluding carboxylic acids is 1. The van der Waals surface area contributed by atoms with Crippen LogP contribution in [0.1, 0.15) is 13.3 Å². The highest BCUT2D eigenvalue weighted by atomic mass is 32.2. The van der Waals surface area contributed by atoms with Gasteiger partial charge in [0.2, 0.25) is 0 Å². The van der Waals surface area contributed by atoms with Gasteiger partial charge in [-0.15, -0.1) is 11.3 Å². The monoisotopic (exact) mass is 297 g/mol. The van der Waals surface area contributed by atoms with Gasteiger partial charge in [0.1, 0.15) is 0 Å². The molecule has 1 unspecified atom stereocenters. The maximum absolute atomic E-state index is 11.2. The number of thioether (sulfide) groups is 1. The minimum Gasteiger partial charge on any atom is -0.466 e. The highest BCUT2D eigenvalue weighted by Crippen LogP contribution is 2.29. The van der Waals surface area contributed by atoms with Crippen LogP contribution in [-0.4, -0.2) is 34.5 Å². The predicted molar refractivity (Wildman–Crippen MR) is 77.6 cm³/mol.